The zero-order valence-electron chi connectivity index (χ0n) is 11.9. The third kappa shape index (κ3) is 3.28. The van der Waals surface area contributed by atoms with Crippen molar-refractivity contribution < 1.29 is 4.39 Å². The van der Waals surface area contributed by atoms with Gasteiger partial charge in [-0.05, 0) is 60.4 Å². The molecule has 3 rings (SSSR count). The van der Waals surface area contributed by atoms with Crippen molar-refractivity contribution in [3.8, 4) is 0 Å². The summed E-state index contributed by atoms with van der Waals surface area (Å²) >= 11 is 5.81. The second-order valence-electron chi connectivity index (χ2n) is 5.84. The number of rotatable bonds is 4. The minimum absolute atomic E-state index is 0.0996. The molecule has 1 atom stereocenters. The van der Waals surface area contributed by atoms with Crippen LogP contribution in [0, 0.1) is 5.82 Å². The van der Waals surface area contributed by atoms with Gasteiger partial charge >= 0.3 is 0 Å². The third-order valence-electron chi connectivity index (χ3n) is 4.17. The Hall–Kier alpha value is -1.38. The molecule has 0 radical (unpaired) electrons. The molecule has 0 saturated carbocycles. The molecule has 0 fully saturated rings. The highest BCUT2D eigenvalue weighted by molar-refractivity contribution is 6.30. The molecular formula is C18H19ClFN. The Morgan fingerprint density at radius 2 is 1.90 bits per heavy atom. The number of nitrogens with two attached hydrogens (primary N) is 1. The van der Waals surface area contributed by atoms with Gasteiger partial charge in [-0.25, -0.2) is 4.39 Å². The molecular weight excluding hydrogens is 285 g/mol. The number of fused-ring (bicyclic) bond motifs is 1. The average Bonchev–Trinajstić information content (AvgIpc) is 2.91. The fourth-order valence-electron chi connectivity index (χ4n) is 3.12. The molecule has 21 heavy (non-hydrogen) atoms. The Balaban J connectivity index is 1.69. The van der Waals surface area contributed by atoms with Gasteiger partial charge < -0.3 is 5.73 Å². The third-order valence-corrected chi connectivity index (χ3v) is 4.47. The summed E-state index contributed by atoms with van der Waals surface area (Å²) in [6, 6.07) is 11.6. The standard InChI is InChI=1S/C18H19ClFN/c19-17-6-2-5-15(18(17)20)11-16(21)10-12-7-8-13-3-1-4-14(13)9-12/h2,5-9,16H,1,3-4,10-11,21H2. The van der Waals surface area contributed by atoms with Crippen molar-refractivity contribution in [2.45, 2.75) is 38.1 Å². The maximum atomic E-state index is 13.9. The van der Waals surface area contributed by atoms with Crippen LogP contribution in [0.25, 0.3) is 0 Å². The van der Waals surface area contributed by atoms with Crippen molar-refractivity contribution >= 4 is 11.6 Å². The van der Waals surface area contributed by atoms with Gasteiger partial charge in [0.05, 0.1) is 5.02 Å². The van der Waals surface area contributed by atoms with Gasteiger partial charge in [0, 0.05) is 6.04 Å². The lowest BCUT2D eigenvalue weighted by Crippen LogP contribution is -2.26. The monoisotopic (exact) mass is 303 g/mol. The van der Waals surface area contributed by atoms with Crippen LogP contribution in [0.5, 0.6) is 0 Å². The topological polar surface area (TPSA) is 26.0 Å². The molecule has 110 valence electrons. The summed E-state index contributed by atoms with van der Waals surface area (Å²) in [6.45, 7) is 0. The smallest absolute Gasteiger partial charge is 0.145 e. The van der Waals surface area contributed by atoms with Crippen molar-refractivity contribution in [3.05, 3.63) is 69.5 Å². The van der Waals surface area contributed by atoms with E-state index >= 15 is 0 Å². The quantitative estimate of drug-likeness (QED) is 0.905. The first-order valence-corrected chi connectivity index (χ1v) is 7.80. The summed E-state index contributed by atoms with van der Waals surface area (Å²) in [7, 11) is 0. The Kier molecular flexibility index (Phi) is 4.27. The van der Waals surface area contributed by atoms with Gasteiger partial charge in [0.15, 0.2) is 0 Å². The van der Waals surface area contributed by atoms with Crippen molar-refractivity contribution in [2.24, 2.45) is 5.73 Å². The Bertz CT molecular complexity index is 654. The Morgan fingerprint density at radius 3 is 2.76 bits per heavy atom. The zero-order chi connectivity index (χ0) is 14.8. The fraction of sp³-hybridized carbons (Fsp3) is 0.333. The van der Waals surface area contributed by atoms with Crippen molar-refractivity contribution in [3.63, 3.8) is 0 Å². The molecule has 1 unspecified atom stereocenters. The Labute approximate surface area is 129 Å². The molecule has 0 aromatic heterocycles. The predicted octanol–water partition coefficient (Wildman–Crippen LogP) is 4.08. The summed E-state index contributed by atoms with van der Waals surface area (Å²) in [6.07, 6.45) is 4.87. The molecule has 2 aromatic rings. The molecule has 3 heteroatoms. The van der Waals surface area contributed by atoms with Crippen LogP contribution in [0.4, 0.5) is 4.39 Å². The highest BCUT2D eigenvalue weighted by Crippen LogP contribution is 2.24. The first kappa shape index (κ1) is 14.6. The highest BCUT2D eigenvalue weighted by Gasteiger charge is 2.14. The number of halogens is 2. The van der Waals surface area contributed by atoms with E-state index in [-0.39, 0.29) is 16.9 Å². The number of hydrogen-bond acceptors (Lipinski definition) is 1. The van der Waals surface area contributed by atoms with E-state index in [1.165, 1.54) is 36.0 Å². The number of aryl methyl sites for hydroxylation is 2. The lowest BCUT2D eigenvalue weighted by molar-refractivity contribution is 0.584. The molecule has 0 bridgehead atoms. The van der Waals surface area contributed by atoms with Crippen LogP contribution in [0.2, 0.25) is 5.02 Å². The predicted molar refractivity (Wildman–Crippen MR) is 85.3 cm³/mol. The molecule has 0 heterocycles. The average molecular weight is 304 g/mol. The zero-order valence-corrected chi connectivity index (χ0v) is 12.7. The first-order chi connectivity index (χ1) is 10.1. The van der Waals surface area contributed by atoms with Crippen LogP contribution in [0.15, 0.2) is 36.4 Å². The maximum Gasteiger partial charge on any atom is 0.145 e. The van der Waals surface area contributed by atoms with Gasteiger partial charge in [-0.1, -0.05) is 41.9 Å². The lowest BCUT2D eigenvalue weighted by Gasteiger charge is -2.14. The van der Waals surface area contributed by atoms with Crippen molar-refractivity contribution in [1.82, 2.24) is 0 Å². The maximum absolute atomic E-state index is 13.9. The van der Waals surface area contributed by atoms with E-state index in [1.54, 1.807) is 18.2 Å². The number of benzene rings is 2. The lowest BCUT2D eigenvalue weighted by atomic mass is 9.97. The molecule has 0 spiro atoms. The molecule has 0 saturated heterocycles. The van der Waals surface area contributed by atoms with E-state index in [1.807, 2.05) is 0 Å². The van der Waals surface area contributed by atoms with E-state index in [9.17, 15) is 4.39 Å². The highest BCUT2D eigenvalue weighted by atomic mass is 35.5. The molecule has 1 nitrogen and oxygen atoms in total. The van der Waals surface area contributed by atoms with Crippen molar-refractivity contribution in [1.29, 1.82) is 0 Å². The first-order valence-electron chi connectivity index (χ1n) is 7.42. The van der Waals surface area contributed by atoms with Gasteiger partial charge in [-0.3, -0.25) is 0 Å². The van der Waals surface area contributed by atoms with Gasteiger partial charge in [-0.2, -0.15) is 0 Å². The molecule has 0 aliphatic heterocycles. The van der Waals surface area contributed by atoms with E-state index in [2.05, 4.69) is 18.2 Å². The second kappa shape index (κ2) is 6.17. The van der Waals surface area contributed by atoms with Gasteiger partial charge in [-0.15, -0.1) is 0 Å². The summed E-state index contributed by atoms with van der Waals surface area (Å²) in [4.78, 5) is 0. The van der Waals surface area contributed by atoms with Gasteiger partial charge in [0.25, 0.3) is 0 Å². The minimum Gasteiger partial charge on any atom is -0.327 e. The van der Waals surface area contributed by atoms with Crippen LogP contribution in [-0.4, -0.2) is 6.04 Å². The van der Waals surface area contributed by atoms with Crippen molar-refractivity contribution in [2.75, 3.05) is 0 Å². The Morgan fingerprint density at radius 1 is 1.10 bits per heavy atom. The molecule has 1 aliphatic rings. The molecule has 0 amide bonds. The minimum atomic E-state index is -0.344. The van der Waals surface area contributed by atoms with E-state index in [0.29, 0.717) is 12.0 Å². The summed E-state index contributed by atoms with van der Waals surface area (Å²) < 4.78 is 13.9. The van der Waals surface area contributed by atoms with Crippen LogP contribution in [-0.2, 0) is 25.7 Å². The molecule has 1 aliphatic carbocycles. The SMILES string of the molecule is NC(Cc1ccc2c(c1)CCC2)Cc1cccc(Cl)c1F. The van der Waals surface area contributed by atoms with Crippen LogP contribution >= 0.6 is 11.6 Å². The summed E-state index contributed by atoms with van der Waals surface area (Å²) in [5.41, 5.74) is 10.9. The normalized spacial score (nSPS) is 15.0. The van der Waals surface area contributed by atoms with Gasteiger partial charge in [0.1, 0.15) is 5.82 Å². The summed E-state index contributed by atoms with van der Waals surface area (Å²) in [5.74, 6) is -0.344. The van der Waals surface area contributed by atoms with Crippen LogP contribution in [0.1, 0.15) is 28.7 Å². The fourth-order valence-corrected chi connectivity index (χ4v) is 3.31. The van der Waals surface area contributed by atoms with E-state index in [4.69, 9.17) is 17.3 Å². The van der Waals surface area contributed by atoms with E-state index in [0.717, 1.165) is 6.42 Å². The largest absolute Gasteiger partial charge is 0.327 e. The van der Waals surface area contributed by atoms with Crippen LogP contribution in [0.3, 0.4) is 0 Å². The number of hydrogen-bond donors (Lipinski definition) is 1. The second-order valence-corrected chi connectivity index (χ2v) is 6.25. The van der Waals surface area contributed by atoms with Gasteiger partial charge in [0.2, 0.25) is 0 Å². The van der Waals surface area contributed by atoms with E-state index < -0.39 is 0 Å². The van der Waals surface area contributed by atoms with Crippen LogP contribution < -0.4 is 5.73 Å². The summed E-state index contributed by atoms with van der Waals surface area (Å²) in [5, 5.41) is 0.164. The molecule has 2 aromatic carbocycles. The molecule has 2 N–H and O–H groups in total.